The summed E-state index contributed by atoms with van der Waals surface area (Å²) in [4.78, 5) is 12.5. The molecule has 6 nitrogen and oxygen atoms in total. The van der Waals surface area contributed by atoms with Crippen molar-refractivity contribution in [2.75, 3.05) is 17.1 Å². The zero-order valence-electron chi connectivity index (χ0n) is 14.5. The van der Waals surface area contributed by atoms with E-state index in [9.17, 15) is 13.2 Å². The fourth-order valence-electron chi connectivity index (χ4n) is 2.43. The number of rotatable bonds is 6. The van der Waals surface area contributed by atoms with Crippen molar-refractivity contribution in [2.45, 2.75) is 4.90 Å². The summed E-state index contributed by atoms with van der Waals surface area (Å²) in [7, 11) is -2.27. The summed E-state index contributed by atoms with van der Waals surface area (Å²) in [5.41, 5.74) is 1.23. The quantitative estimate of drug-likeness (QED) is 0.680. The van der Waals surface area contributed by atoms with E-state index in [1.807, 2.05) is 0 Å². The Morgan fingerprint density at radius 3 is 2.30 bits per heavy atom. The van der Waals surface area contributed by atoms with E-state index in [1.54, 1.807) is 60.7 Å². The van der Waals surface area contributed by atoms with Crippen LogP contribution in [0.25, 0.3) is 0 Å². The SMILES string of the molecule is COc1cccc(NC(=O)c2cccc(S(=O)(=O)Nc3ccccc3)c2)c1. The molecule has 0 aliphatic heterocycles. The van der Waals surface area contributed by atoms with Crippen LogP contribution in [-0.4, -0.2) is 21.4 Å². The van der Waals surface area contributed by atoms with E-state index >= 15 is 0 Å². The average molecular weight is 382 g/mol. The van der Waals surface area contributed by atoms with Crippen LogP contribution in [-0.2, 0) is 10.0 Å². The second-order valence-electron chi connectivity index (χ2n) is 5.69. The molecule has 0 aromatic heterocycles. The van der Waals surface area contributed by atoms with Gasteiger partial charge in [0.1, 0.15) is 5.75 Å². The molecule has 0 unspecified atom stereocenters. The molecular formula is C20H18N2O4S. The monoisotopic (exact) mass is 382 g/mol. The fourth-order valence-corrected chi connectivity index (χ4v) is 3.53. The van der Waals surface area contributed by atoms with Crippen LogP contribution in [0.1, 0.15) is 10.4 Å². The second kappa shape index (κ2) is 7.92. The van der Waals surface area contributed by atoms with Gasteiger partial charge in [-0.05, 0) is 42.5 Å². The lowest BCUT2D eigenvalue weighted by Gasteiger charge is -2.10. The Bertz CT molecular complexity index is 1050. The molecule has 2 N–H and O–H groups in total. The highest BCUT2D eigenvalue weighted by Gasteiger charge is 2.16. The molecule has 0 radical (unpaired) electrons. The third-order valence-corrected chi connectivity index (χ3v) is 5.14. The Morgan fingerprint density at radius 1 is 0.852 bits per heavy atom. The van der Waals surface area contributed by atoms with Gasteiger partial charge in [-0.2, -0.15) is 0 Å². The molecule has 27 heavy (non-hydrogen) atoms. The average Bonchev–Trinajstić information content (AvgIpc) is 2.68. The fraction of sp³-hybridized carbons (Fsp3) is 0.0500. The molecular weight excluding hydrogens is 364 g/mol. The first-order valence-corrected chi connectivity index (χ1v) is 9.59. The van der Waals surface area contributed by atoms with Crippen LogP contribution in [0.15, 0.2) is 83.8 Å². The largest absolute Gasteiger partial charge is 0.497 e. The third-order valence-electron chi connectivity index (χ3n) is 3.76. The summed E-state index contributed by atoms with van der Waals surface area (Å²) >= 11 is 0. The van der Waals surface area contributed by atoms with Crippen molar-refractivity contribution in [2.24, 2.45) is 0 Å². The predicted molar refractivity (Wildman–Crippen MR) is 105 cm³/mol. The standard InChI is InChI=1S/C20H18N2O4S/c1-26-18-11-6-10-17(14-18)21-20(23)15-7-5-12-19(13-15)27(24,25)22-16-8-3-2-4-9-16/h2-14,22H,1H3,(H,21,23). The molecule has 3 rings (SSSR count). The van der Waals surface area contributed by atoms with Gasteiger partial charge in [0.05, 0.1) is 12.0 Å². The molecule has 7 heteroatoms. The smallest absolute Gasteiger partial charge is 0.261 e. The maximum atomic E-state index is 12.6. The summed E-state index contributed by atoms with van der Waals surface area (Å²) in [6.45, 7) is 0. The van der Waals surface area contributed by atoms with E-state index in [2.05, 4.69) is 10.0 Å². The molecule has 0 aliphatic carbocycles. The normalized spacial score (nSPS) is 10.9. The number of anilines is 2. The van der Waals surface area contributed by atoms with Crippen molar-refractivity contribution in [3.8, 4) is 5.75 Å². The van der Waals surface area contributed by atoms with Crippen molar-refractivity contribution in [1.29, 1.82) is 0 Å². The molecule has 0 spiro atoms. The summed E-state index contributed by atoms with van der Waals surface area (Å²) < 4.78 is 32.7. The van der Waals surface area contributed by atoms with E-state index in [0.717, 1.165) is 0 Å². The number of para-hydroxylation sites is 1. The Hall–Kier alpha value is -3.32. The van der Waals surface area contributed by atoms with Gasteiger partial charge in [0.2, 0.25) is 0 Å². The van der Waals surface area contributed by atoms with Gasteiger partial charge >= 0.3 is 0 Å². The number of sulfonamides is 1. The maximum Gasteiger partial charge on any atom is 0.261 e. The first-order chi connectivity index (χ1) is 13.0. The lowest BCUT2D eigenvalue weighted by Crippen LogP contribution is -2.16. The lowest BCUT2D eigenvalue weighted by molar-refractivity contribution is 0.102. The van der Waals surface area contributed by atoms with E-state index in [1.165, 1.54) is 25.3 Å². The van der Waals surface area contributed by atoms with Gasteiger partial charge in [0, 0.05) is 23.0 Å². The van der Waals surface area contributed by atoms with Gasteiger partial charge in [0.25, 0.3) is 15.9 Å². The Kier molecular flexibility index (Phi) is 5.42. The van der Waals surface area contributed by atoms with E-state index in [-0.39, 0.29) is 10.5 Å². The van der Waals surface area contributed by atoms with Crippen molar-refractivity contribution in [3.63, 3.8) is 0 Å². The van der Waals surface area contributed by atoms with Gasteiger partial charge in [-0.3, -0.25) is 9.52 Å². The number of nitrogens with one attached hydrogen (secondary N) is 2. The van der Waals surface area contributed by atoms with Crippen LogP contribution in [0.5, 0.6) is 5.75 Å². The van der Waals surface area contributed by atoms with Crippen LogP contribution >= 0.6 is 0 Å². The van der Waals surface area contributed by atoms with Crippen molar-refractivity contribution >= 4 is 27.3 Å². The number of hydrogen-bond acceptors (Lipinski definition) is 4. The molecule has 0 aliphatic rings. The number of amides is 1. The minimum atomic E-state index is -3.80. The zero-order valence-corrected chi connectivity index (χ0v) is 15.4. The van der Waals surface area contributed by atoms with Gasteiger partial charge < -0.3 is 10.1 Å². The van der Waals surface area contributed by atoms with Gasteiger partial charge in [-0.25, -0.2) is 8.42 Å². The Labute approximate surface area is 157 Å². The first-order valence-electron chi connectivity index (χ1n) is 8.11. The highest BCUT2D eigenvalue weighted by Crippen LogP contribution is 2.20. The van der Waals surface area contributed by atoms with Gasteiger partial charge in [-0.15, -0.1) is 0 Å². The second-order valence-corrected chi connectivity index (χ2v) is 7.37. The molecule has 0 fully saturated rings. The first kappa shape index (κ1) is 18.5. The number of methoxy groups -OCH3 is 1. The molecule has 0 saturated carbocycles. The summed E-state index contributed by atoms with van der Waals surface area (Å²) in [5, 5.41) is 2.73. The highest BCUT2D eigenvalue weighted by atomic mass is 32.2. The van der Waals surface area contributed by atoms with Crippen LogP contribution in [0.3, 0.4) is 0 Å². The van der Waals surface area contributed by atoms with Crippen LogP contribution in [0, 0.1) is 0 Å². The molecule has 1 amide bonds. The minimum Gasteiger partial charge on any atom is -0.497 e. The van der Waals surface area contributed by atoms with Gasteiger partial charge in [0.15, 0.2) is 0 Å². The maximum absolute atomic E-state index is 12.6. The molecule has 0 bridgehead atoms. The topological polar surface area (TPSA) is 84.5 Å². The molecule has 3 aromatic rings. The third kappa shape index (κ3) is 4.65. The Balaban J connectivity index is 1.81. The van der Waals surface area contributed by atoms with Crippen molar-refractivity contribution in [1.82, 2.24) is 0 Å². The van der Waals surface area contributed by atoms with Crippen LogP contribution in [0.2, 0.25) is 0 Å². The summed E-state index contributed by atoms with van der Waals surface area (Å²) in [6, 6.07) is 21.3. The molecule has 0 saturated heterocycles. The van der Waals surface area contributed by atoms with Crippen molar-refractivity contribution in [3.05, 3.63) is 84.4 Å². The zero-order chi connectivity index (χ0) is 19.3. The molecule has 0 heterocycles. The van der Waals surface area contributed by atoms with E-state index in [4.69, 9.17) is 4.74 Å². The van der Waals surface area contributed by atoms with E-state index < -0.39 is 15.9 Å². The summed E-state index contributed by atoms with van der Waals surface area (Å²) in [6.07, 6.45) is 0. The predicted octanol–water partition coefficient (Wildman–Crippen LogP) is 3.75. The highest BCUT2D eigenvalue weighted by molar-refractivity contribution is 7.92. The van der Waals surface area contributed by atoms with Gasteiger partial charge in [-0.1, -0.05) is 30.3 Å². The summed E-state index contributed by atoms with van der Waals surface area (Å²) in [5.74, 6) is 0.191. The number of benzene rings is 3. The van der Waals surface area contributed by atoms with E-state index in [0.29, 0.717) is 17.1 Å². The lowest BCUT2D eigenvalue weighted by atomic mass is 10.2. The molecule has 138 valence electrons. The van der Waals surface area contributed by atoms with Crippen LogP contribution < -0.4 is 14.8 Å². The number of ether oxygens (including phenoxy) is 1. The molecule has 3 aromatic carbocycles. The minimum absolute atomic E-state index is 0.00430. The number of carbonyl (C=O) groups is 1. The molecule has 0 atom stereocenters. The number of hydrogen-bond donors (Lipinski definition) is 2. The van der Waals surface area contributed by atoms with Crippen molar-refractivity contribution < 1.29 is 17.9 Å². The Morgan fingerprint density at radius 2 is 1.56 bits per heavy atom. The van der Waals surface area contributed by atoms with Crippen LogP contribution in [0.4, 0.5) is 11.4 Å². The number of carbonyl (C=O) groups excluding carboxylic acids is 1.